The number of benzene rings is 4. The van der Waals surface area contributed by atoms with Crippen LogP contribution in [-0.2, 0) is 60.8 Å². The molecule has 1 unspecified atom stereocenters. The molecule has 0 aromatic heterocycles. The Morgan fingerprint density at radius 3 is 1.86 bits per heavy atom. The number of carboxylic acid groups (broad SMARTS) is 1. The van der Waals surface area contributed by atoms with Crippen LogP contribution in [0.2, 0.25) is 0 Å². The molecule has 340 valence electrons. The van der Waals surface area contributed by atoms with Crippen LogP contribution >= 0.6 is 0 Å². The topological polar surface area (TPSA) is 267 Å². The number of unbranched alkanes of at least 4 members (excludes halogenated alkanes) is 2. The van der Waals surface area contributed by atoms with Gasteiger partial charge in [0.15, 0.2) is 0 Å². The Kier molecular flexibility index (Phi) is 14.1. The van der Waals surface area contributed by atoms with Crippen molar-refractivity contribution in [2.24, 2.45) is 0 Å². The lowest BCUT2D eigenvalue weighted by molar-refractivity contribution is -0.137. The first-order valence-electron chi connectivity index (χ1n) is 19.4. The predicted molar refractivity (Wildman–Crippen MR) is 238 cm³/mol. The number of aryl methyl sites for hydroxylation is 1. The number of anilines is 1. The third-order valence-corrected chi connectivity index (χ3v) is 14.9. The molecule has 5 N–H and O–H groups in total. The summed E-state index contributed by atoms with van der Waals surface area (Å²) in [5.41, 5.74) is 1.38. The van der Waals surface area contributed by atoms with Crippen LogP contribution in [0.4, 0.5) is 5.69 Å². The Hall–Kier alpha value is -4.77. The van der Waals surface area contributed by atoms with E-state index in [0.717, 1.165) is 12.1 Å². The van der Waals surface area contributed by atoms with E-state index in [2.05, 4.69) is 6.58 Å². The molecule has 1 aliphatic heterocycles. The molecule has 1 atom stereocenters. The molecular weight excluding hydrogens is 899 g/mol. The highest BCUT2D eigenvalue weighted by molar-refractivity contribution is 7.87. The van der Waals surface area contributed by atoms with Gasteiger partial charge in [-0.25, -0.2) is 0 Å². The lowest BCUT2D eigenvalue weighted by atomic mass is 9.74. The van der Waals surface area contributed by atoms with Gasteiger partial charge in [-0.1, -0.05) is 69.4 Å². The first-order valence-corrected chi connectivity index (χ1v) is 25.1. The summed E-state index contributed by atoms with van der Waals surface area (Å²) >= 11 is 0. The lowest BCUT2D eigenvalue weighted by Crippen LogP contribution is -2.30. The Morgan fingerprint density at radius 1 is 0.762 bits per heavy atom. The van der Waals surface area contributed by atoms with Crippen molar-refractivity contribution < 1.29 is 66.5 Å². The summed E-state index contributed by atoms with van der Waals surface area (Å²) in [5.74, 6) is -0.931. The molecule has 0 amide bonds. The summed E-state index contributed by atoms with van der Waals surface area (Å²) in [6.45, 7) is 12.0. The number of aliphatic carboxylic acids is 1. The standard InChI is InChI=1S/C43H49NO15S4/c1-27-16-17-31-33(23-29(60(47,48)49)25-36(31)62(53,54)55)40(27)42(3,4)28(2)13-9-7-10-14-38-43(5,20-22-59-6)41-34-24-30(61(50,51)52)26-37(63(56,57)58)32(34)18-19-35(41)44(38)21-12-8-11-15-39(45)46/h7,9-10,13-14,16-19,23-26H,2,8,11-12,15,20-22H2,1,3-6H3,(H,45,46)(H,47,48,49)(H,50,51,52)(H,53,54,55)(H,56,57,58)/b10-7+,13-9+,38-14+. The Morgan fingerprint density at radius 2 is 1.32 bits per heavy atom. The minimum Gasteiger partial charge on any atom is -0.481 e. The van der Waals surface area contributed by atoms with Crippen LogP contribution in [0.1, 0.15) is 69.6 Å². The number of allylic oxidation sites excluding steroid dienone is 7. The van der Waals surface area contributed by atoms with Crippen molar-refractivity contribution in [2.75, 3.05) is 25.2 Å². The second-order valence-electron chi connectivity index (χ2n) is 16.0. The molecule has 0 saturated carbocycles. The molecule has 63 heavy (non-hydrogen) atoms. The van der Waals surface area contributed by atoms with E-state index >= 15 is 0 Å². The smallest absolute Gasteiger partial charge is 0.303 e. The summed E-state index contributed by atoms with van der Waals surface area (Å²) in [7, 11) is -18.3. The zero-order valence-corrected chi connectivity index (χ0v) is 38.3. The summed E-state index contributed by atoms with van der Waals surface area (Å²) in [6, 6.07) is 9.84. The highest BCUT2D eigenvalue weighted by atomic mass is 32.2. The Bertz CT molecular complexity index is 3080. The maximum Gasteiger partial charge on any atom is 0.303 e. The number of nitrogens with zero attached hydrogens (tertiary/aromatic N) is 1. The summed E-state index contributed by atoms with van der Waals surface area (Å²) in [5, 5.41) is 9.52. The molecule has 4 aromatic rings. The van der Waals surface area contributed by atoms with E-state index in [1.165, 1.54) is 19.2 Å². The van der Waals surface area contributed by atoms with E-state index in [-0.39, 0.29) is 34.6 Å². The van der Waals surface area contributed by atoms with Crippen molar-refractivity contribution in [3.05, 3.63) is 113 Å². The number of ether oxygens (including phenoxy) is 1. The van der Waals surface area contributed by atoms with Crippen LogP contribution in [-0.4, -0.2) is 83.2 Å². The monoisotopic (exact) mass is 947 g/mol. The Balaban J connectivity index is 1.63. The normalized spacial score (nSPS) is 17.2. The van der Waals surface area contributed by atoms with E-state index in [9.17, 15) is 61.8 Å². The first-order chi connectivity index (χ1) is 29.0. The van der Waals surface area contributed by atoms with Gasteiger partial charge in [0.05, 0.1) is 9.79 Å². The van der Waals surface area contributed by atoms with Crippen molar-refractivity contribution in [3.63, 3.8) is 0 Å². The van der Waals surface area contributed by atoms with Gasteiger partial charge in [-0.2, -0.15) is 33.7 Å². The maximum atomic E-state index is 12.6. The number of hydrogen-bond donors (Lipinski definition) is 5. The molecule has 0 saturated heterocycles. The molecule has 0 fully saturated rings. The molecule has 0 aliphatic carbocycles. The van der Waals surface area contributed by atoms with Crippen molar-refractivity contribution in [2.45, 2.75) is 90.2 Å². The number of fused-ring (bicyclic) bond motifs is 4. The largest absolute Gasteiger partial charge is 0.481 e. The summed E-state index contributed by atoms with van der Waals surface area (Å²) in [4.78, 5) is 10.3. The minimum absolute atomic E-state index is 0.0133. The average Bonchev–Trinajstić information content (AvgIpc) is 3.40. The molecule has 16 nitrogen and oxygen atoms in total. The fourth-order valence-corrected chi connectivity index (χ4v) is 11.0. The third kappa shape index (κ3) is 10.3. The van der Waals surface area contributed by atoms with E-state index in [1.54, 1.807) is 57.2 Å². The number of rotatable bonds is 18. The first kappa shape index (κ1) is 49.2. The number of methoxy groups -OCH3 is 1. The van der Waals surface area contributed by atoms with E-state index in [1.807, 2.05) is 17.9 Å². The zero-order chi connectivity index (χ0) is 47.1. The van der Waals surface area contributed by atoms with Crippen LogP contribution in [0.15, 0.2) is 116 Å². The van der Waals surface area contributed by atoms with E-state index in [4.69, 9.17) is 4.74 Å². The second-order valence-corrected chi connectivity index (χ2v) is 21.7. The van der Waals surface area contributed by atoms with Gasteiger partial charge in [-0.15, -0.1) is 0 Å². The summed E-state index contributed by atoms with van der Waals surface area (Å²) < 4.78 is 145. The molecule has 4 aromatic carbocycles. The van der Waals surface area contributed by atoms with Crippen LogP contribution in [0.5, 0.6) is 0 Å². The van der Waals surface area contributed by atoms with Gasteiger partial charge < -0.3 is 14.7 Å². The van der Waals surface area contributed by atoms with E-state index < -0.39 is 76.9 Å². The molecule has 1 heterocycles. The predicted octanol–water partition coefficient (Wildman–Crippen LogP) is 7.58. The fraction of sp³-hybridized carbons (Fsp3) is 0.326. The lowest BCUT2D eigenvalue weighted by Gasteiger charge is -2.31. The Labute approximate surface area is 367 Å². The van der Waals surface area contributed by atoms with Crippen molar-refractivity contribution in [3.8, 4) is 0 Å². The van der Waals surface area contributed by atoms with Crippen LogP contribution < -0.4 is 4.90 Å². The van der Waals surface area contributed by atoms with E-state index in [0.29, 0.717) is 78.0 Å². The van der Waals surface area contributed by atoms with Gasteiger partial charge in [0.25, 0.3) is 40.5 Å². The van der Waals surface area contributed by atoms with Gasteiger partial charge in [0.2, 0.25) is 0 Å². The average molecular weight is 948 g/mol. The van der Waals surface area contributed by atoms with Crippen LogP contribution in [0.3, 0.4) is 0 Å². The van der Waals surface area contributed by atoms with Crippen molar-refractivity contribution in [1.82, 2.24) is 0 Å². The second kappa shape index (κ2) is 18.0. The summed E-state index contributed by atoms with van der Waals surface area (Å²) in [6.07, 6.45) is 10.4. The van der Waals surface area contributed by atoms with Gasteiger partial charge in [0, 0.05) is 59.7 Å². The molecule has 0 spiro atoms. The molecule has 0 radical (unpaired) electrons. The SMILES string of the molecule is C=C(/C=C/C=C/C=C1/N(CCCCCC(=O)O)c2ccc3c(S(=O)(=O)O)cc(S(=O)(=O)O)cc3c2C1(C)CCOC)C(C)(C)c1c(C)ccc2c(S(=O)(=O)O)cc(S(=O)(=O)O)cc12. The van der Waals surface area contributed by atoms with Crippen molar-refractivity contribution >= 4 is 73.7 Å². The minimum atomic E-state index is -4.99. The molecular formula is C43H49NO15S4. The maximum absolute atomic E-state index is 12.6. The van der Waals surface area contributed by atoms with Gasteiger partial charge in [-0.05, 0) is 103 Å². The molecule has 5 rings (SSSR count). The van der Waals surface area contributed by atoms with Crippen LogP contribution in [0, 0.1) is 6.92 Å². The third-order valence-electron chi connectivity index (χ3n) is 11.5. The van der Waals surface area contributed by atoms with Gasteiger partial charge in [-0.3, -0.25) is 23.0 Å². The zero-order valence-electron chi connectivity index (χ0n) is 35.1. The van der Waals surface area contributed by atoms with Crippen molar-refractivity contribution in [1.29, 1.82) is 0 Å². The van der Waals surface area contributed by atoms with Crippen LogP contribution in [0.25, 0.3) is 21.5 Å². The van der Waals surface area contributed by atoms with Gasteiger partial charge in [0.1, 0.15) is 9.79 Å². The molecule has 1 aliphatic rings. The highest BCUT2D eigenvalue weighted by Crippen LogP contribution is 2.54. The number of hydrogen-bond acceptors (Lipinski definition) is 11. The highest BCUT2D eigenvalue weighted by Gasteiger charge is 2.45. The fourth-order valence-electron chi connectivity index (χ4n) is 8.31. The number of carbonyl (C=O) groups is 1. The molecule has 0 bridgehead atoms. The van der Waals surface area contributed by atoms with Gasteiger partial charge >= 0.3 is 5.97 Å². The quantitative estimate of drug-likeness (QED) is 0.0365. The number of carboxylic acids is 1. The molecule has 20 heteroatoms.